The molecule has 1 N–H and O–H groups in total. The summed E-state index contributed by atoms with van der Waals surface area (Å²) in [5.41, 5.74) is 0.934. The van der Waals surface area contributed by atoms with E-state index in [0.717, 1.165) is 0 Å². The van der Waals surface area contributed by atoms with Gasteiger partial charge >= 0.3 is 0 Å². The van der Waals surface area contributed by atoms with Crippen LogP contribution in [0, 0.1) is 0 Å². The van der Waals surface area contributed by atoms with E-state index in [0.29, 0.717) is 11.4 Å². The third-order valence-corrected chi connectivity index (χ3v) is 1.17. The SMILES string of the molecule is [O]Cc1cccc(C=NO)n1. The van der Waals surface area contributed by atoms with E-state index in [4.69, 9.17) is 5.21 Å². The minimum absolute atomic E-state index is 0.354. The molecule has 0 aliphatic rings. The Labute approximate surface area is 63.8 Å². The fraction of sp³-hybridized carbons (Fsp3) is 0.143. The van der Waals surface area contributed by atoms with Crippen LogP contribution in [-0.2, 0) is 11.7 Å². The Bertz CT molecular complexity index is 260. The van der Waals surface area contributed by atoms with Gasteiger partial charge < -0.3 is 5.21 Å². The van der Waals surface area contributed by atoms with Crippen molar-refractivity contribution >= 4 is 6.21 Å². The van der Waals surface area contributed by atoms with E-state index in [-0.39, 0.29) is 6.61 Å². The molecule has 0 atom stereocenters. The molecule has 0 aliphatic carbocycles. The number of aromatic nitrogens is 1. The van der Waals surface area contributed by atoms with Crippen LogP contribution in [0.2, 0.25) is 0 Å². The van der Waals surface area contributed by atoms with E-state index < -0.39 is 0 Å². The Kier molecular flexibility index (Phi) is 2.57. The monoisotopic (exact) mass is 151 g/mol. The molecule has 1 radical (unpaired) electrons. The van der Waals surface area contributed by atoms with Gasteiger partial charge in [0.25, 0.3) is 0 Å². The van der Waals surface area contributed by atoms with Crippen molar-refractivity contribution in [1.82, 2.24) is 4.98 Å². The molecule has 4 heteroatoms. The molecular formula is C7H7N2O2. The van der Waals surface area contributed by atoms with Crippen molar-refractivity contribution in [1.29, 1.82) is 0 Å². The van der Waals surface area contributed by atoms with Crippen LogP contribution in [0.5, 0.6) is 0 Å². The van der Waals surface area contributed by atoms with Gasteiger partial charge in [0.2, 0.25) is 0 Å². The Hall–Kier alpha value is -1.42. The van der Waals surface area contributed by atoms with Crippen molar-refractivity contribution in [3.05, 3.63) is 29.6 Å². The summed E-state index contributed by atoms with van der Waals surface area (Å²) in [5.74, 6) is 0. The molecule has 0 saturated heterocycles. The summed E-state index contributed by atoms with van der Waals surface area (Å²) < 4.78 is 0. The van der Waals surface area contributed by atoms with Crippen molar-refractivity contribution < 1.29 is 10.3 Å². The molecule has 1 aromatic rings. The molecule has 0 bridgehead atoms. The zero-order chi connectivity index (χ0) is 8.10. The summed E-state index contributed by atoms with van der Waals surface area (Å²) in [4.78, 5) is 3.86. The van der Waals surface area contributed by atoms with Gasteiger partial charge in [0.15, 0.2) is 0 Å². The molecule has 0 aromatic carbocycles. The van der Waals surface area contributed by atoms with Crippen LogP contribution in [-0.4, -0.2) is 16.4 Å². The van der Waals surface area contributed by atoms with Gasteiger partial charge in [-0.05, 0) is 12.1 Å². The first-order chi connectivity index (χ1) is 5.36. The second-order valence-electron chi connectivity index (χ2n) is 1.94. The predicted molar refractivity (Wildman–Crippen MR) is 38.0 cm³/mol. The van der Waals surface area contributed by atoms with Crippen LogP contribution in [0.25, 0.3) is 0 Å². The van der Waals surface area contributed by atoms with E-state index in [1.807, 2.05) is 0 Å². The normalized spacial score (nSPS) is 10.6. The highest BCUT2D eigenvalue weighted by atomic mass is 16.4. The van der Waals surface area contributed by atoms with Crippen molar-refractivity contribution in [3.8, 4) is 0 Å². The first-order valence-electron chi connectivity index (χ1n) is 3.08. The molecule has 0 aliphatic heterocycles. The minimum atomic E-state index is -0.354. The molecule has 0 unspecified atom stereocenters. The number of pyridine rings is 1. The van der Waals surface area contributed by atoms with Crippen LogP contribution in [0.4, 0.5) is 0 Å². The Morgan fingerprint density at radius 3 is 3.09 bits per heavy atom. The Balaban J connectivity index is 2.91. The fourth-order valence-electron chi connectivity index (χ4n) is 0.710. The zero-order valence-electron chi connectivity index (χ0n) is 5.77. The molecule has 0 amide bonds. The number of hydrogen-bond donors (Lipinski definition) is 1. The number of hydrogen-bond acceptors (Lipinski definition) is 3. The summed E-state index contributed by atoms with van der Waals surface area (Å²) in [6.45, 7) is -0.354. The van der Waals surface area contributed by atoms with E-state index in [9.17, 15) is 5.11 Å². The maximum Gasteiger partial charge on any atom is 0.124 e. The third kappa shape index (κ3) is 2.01. The number of rotatable bonds is 2. The summed E-state index contributed by atoms with van der Waals surface area (Å²) in [6.07, 6.45) is 1.18. The second-order valence-corrected chi connectivity index (χ2v) is 1.94. The first kappa shape index (κ1) is 7.68. The van der Waals surface area contributed by atoms with E-state index in [2.05, 4.69) is 10.1 Å². The maximum absolute atomic E-state index is 10.3. The van der Waals surface area contributed by atoms with Crippen LogP contribution >= 0.6 is 0 Å². The van der Waals surface area contributed by atoms with Gasteiger partial charge in [0.05, 0.1) is 17.6 Å². The van der Waals surface area contributed by atoms with E-state index >= 15 is 0 Å². The molecular weight excluding hydrogens is 144 g/mol. The molecule has 0 saturated carbocycles. The van der Waals surface area contributed by atoms with Crippen LogP contribution < -0.4 is 0 Å². The summed E-state index contributed by atoms with van der Waals surface area (Å²) in [7, 11) is 0. The number of oxime groups is 1. The highest BCUT2D eigenvalue weighted by Crippen LogP contribution is 1.96. The van der Waals surface area contributed by atoms with Crippen LogP contribution in [0.15, 0.2) is 23.4 Å². The lowest BCUT2D eigenvalue weighted by Crippen LogP contribution is -1.92. The standard InChI is InChI=1S/C7H7N2O2/c10-5-7-3-1-2-6(9-7)4-8-11/h1-4,11H,5H2. The van der Waals surface area contributed by atoms with Crippen LogP contribution in [0.3, 0.4) is 0 Å². The topological polar surface area (TPSA) is 65.4 Å². The third-order valence-electron chi connectivity index (χ3n) is 1.17. The van der Waals surface area contributed by atoms with Crippen molar-refractivity contribution in [3.63, 3.8) is 0 Å². The minimum Gasteiger partial charge on any atom is -0.411 e. The van der Waals surface area contributed by atoms with Gasteiger partial charge in [-0.15, -0.1) is 0 Å². The quantitative estimate of drug-likeness (QED) is 0.386. The Morgan fingerprint density at radius 1 is 1.64 bits per heavy atom. The first-order valence-corrected chi connectivity index (χ1v) is 3.08. The van der Waals surface area contributed by atoms with E-state index in [1.54, 1.807) is 18.2 Å². The lowest BCUT2D eigenvalue weighted by atomic mass is 10.3. The maximum atomic E-state index is 10.3. The summed E-state index contributed by atoms with van der Waals surface area (Å²) in [5, 5.41) is 21.2. The lowest BCUT2D eigenvalue weighted by Gasteiger charge is -1.93. The van der Waals surface area contributed by atoms with Crippen LogP contribution in [0.1, 0.15) is 11.4 Å². The Morgan fingerprint density at radius 2 is 2.45 bits per heavy atom. The highest BCUT2D eigenvalue weighted by Gasteiger charge is 1.93. The average molecular weight is 151 g/mol. The molecule has 1 aromatic heterocycles. The van der Waals surface area contributed by atoms with Crippen molar-refractivity contribution in [2.45, 2.75) is 6.61 Å². The molecule has 1 heterocycles. The summed E-state index contributed by atoms with van der Waals surface area (Å²) >= 11 is 0. The molecule has 11 heavy (non-hydrogen) atoms. The fourth-order valence-corrected chi connectivity index (χ4v) is 0.710. The van der Waals surface area contributed by atoms with Crippen molar-refractivity contribution in [2.24, 2.45) is 5.16 Å². The van der Waals surface area contributed by atoms with Crippen molar-refractivity contribution in [2.75, 3.05) is 0 Å². The molecule has 57 valence electrons. The molecule has 0 spiro atoms. The molecule has 1 rings (SSSR count). The van der Waals surface area contributed by atoms with Gasteiger partial charge in [0, 0.05) is 0 Å². The van der Waals surface area contributed by atoms with E-state index in [1.165, 1.54) is 6.21 Å². The number of nitrogens with zero attached hydrogens (tertiary/aromatic N) is 2. The zero-order valence-corrected chi connectivity index (χ0v) is 5.77. The smallest absolute Gasteiger partial charge is 0.124 e. The van der Waals surface area contributed by atoms with Gasteiger partial charge in [-0.1, -0.05) is 11.2 Å². The average Bonchev–Trinajstić information content (AvgIpc) is 2.06. The molecule has 0 fully saturated rings. The largest absolute Gasteiger partial charge is 0.411 e. The molecule has 4 nitrogen and oxygen atoms in total. The summed E-state index contributed by atoms with van der Waals surface area (Å²) in [6, 6.07) is 4.97. The highest BCUT2D eigenvalue weighted by molar-refractivity contribution is 5.76. The predicted octanol–water partition coefficient (Wildman–Crippen LogP) is 0.820. The van der Waals surface area contributed by atoms with Gasteiger partial charge in [0.1, 0.15) is 6.61 Å². The second kappa shape index (κ2) is 3.68. The van der Waals surface area contributed by atoms with Gasteiger partial charge in [-0.25, -0.2) is 10.1 Å². The van der Waals surface area contributed by atoms with Gasteiger partial charge in [-0.2, -0.15) is 0 Å². The van der Waals surface area contributed by atoms with Gasteiger partial charge in [-0.3, -0.25) is 0 Å². The lowest BCUT2D eigenvalue weighted by molar-refractivity contribution is 0.174.